The average molecular weight is 531 g/mol. The number of carbonyl (C=O) groups is 2. The minimum atomic E-state index is -0.339. The van der Waals surface area contributed by atoms with Crippen LogP contribution in [0.1, 0.15) is 58.5 Å². The molecule has 2 amide bonds. The molecule has 0 aliphatic rings. The third-order valence-electron chi connectivity index (χ3n) is 6.62. The van der Waals surface area contributed by atoms with Gasteiger partial charge in [0.15, 0.2) is 0 Å². The van der Waals surface area contributed by atoms with E-state index in [9.17, 15) is 9.59 Å². The predicted octanol–water partition coefficient (Wildman–Crippen LogP) is 4.42. The van der Waals surface area contributed by atoms with Crippen LogP contribution in [0.3, 0.4) is 0 Å². The van der Waals surface area contributed by atoms with Crippen LogP contribution in [-0.4, -0.2) is 55.5 Å². The van der Waals surface area contributed by atoms with Crippen molar-refractivity contribution in [3.05, 3.63) is 101 Å². The minimum absolute atomic E-state index is 0.0485. The quantitative estimate of drug-likeness (QED) is 0.270. The van der Waals surface area contributed by atoms with Crippen molar-refractivity contribution in [3.63, 3.8) is 0 Å². The van der Waals surface area contributed by atoms with Crippen molar-refractivity contribution in [2.24, 2.45) is 5.73 Å². The number of benzene rings is 3. The van der Waals surface area contributed by atoms with Crippen molar-refractivity contribution >= 4 is 11.8 Å². The van der Waals surface area contributed by atoms with Gasteiger partial charge in [-0.05, 0) is 60.7 Å². The molecule has 3 rings (SSSR count). The zero-order valence-electron chi connectivity index (χ0n) is 23.4. The van der Waals surface area contributed by atoms with Crippen LogP contribution in [0.25, 0.3) is 0 Å². The predicted molar refractivity (Wildman–Crippen MR) is 157 cm³/mol. The summed E-state index contributed by atoms with van der Waals surface area (Å²) < 4.78 is 5.31. The summed E-state index contributed by atoms with van der Waals surface area (Å²) in [6.07, 6.45) is 2.36. The number of carbonyl (C=O) groups excluding carboxylic acids is 2. The zero-order chi connectivity index (χ0) is 28.0. The summed E-state index contributed by atoms with van der Waals surface area (Å²) in [6, 6.07) is 24.2. The Morgan fingerprint density at radius 3 is 2.23 bits per heavy atom. The molecule has 0 fully saturated rings. The maximum Gasteiger partial charge on any atom is 0.253 e. The summed E-state index contributed by atoms with van der Waals surface area (Å²) in [5.74, 6) is 0.514. The molecule has 7 nitrogen and oxygen atoms in total. The van der Waals surface area contributed by atoms with E-state index in [1.807, 2.05) is 59.5 Å². The fraction of sp³-hybridized carbons (Fsp3) is 0.375. The number of ether oxygens (including phenoxy) is 1. The van der Waals surface area contributed by atoms with Gasteiger partial charge in [-0.2, -0.15) is 0 Å². The van der Waals surface area contributed by atoms with Gasteiger partial charge in [0.2, 0.25) is 0 Å². The Kier molecular flexibility index (Phi) is 12.0. The summed E-state index contributed by atoms with van der Waals surface area (Å²) in [4.78, 5) is 28.3. The Balaban J connectivity index is 1.71. The highest BCUT2D eigenvalue weighted by Gasteiger charge is 2.22. The van der Waals surface area contributed by atoms with Crippen LogP contribution in [0.4, 0.5) is 0 Å². The molecule has 3 aromatic carbocycles. The first-order valence-electron chi connectivity index (χ1n) is 13.8. The highest BCUT2D eigenvalue weighted by Crippen LogP contribution is 2.14. The van der Waals surface area contributed by atoms with E-state index >= 15 is 0 Å². The summed E-state index contributed by atoms with van der Waals surface area (Å²) in [5.41, 5.74) is 9.78. The first kappa shape index (κ1) is 29.9. The van der Waals surface area contributed by atoms with E-state index in [0.29, 0.717) is 43.7 Å². The van der Waals surface area contributed by atoms with Gasteiger partial charge in [-0.25, -0.2) is 0 Å². The maximum absolute atomic E-state index is 13.4. The fourth-order valence-corrected chi connectivity index (χ4v) is 4.57. The highest BCUT2D eigenvalue weighted by atomic mass is 16.5. The highest BCUT2D eigenvalue weighted by molar-refractivity contribution is 5.99. The molecule has 208 valence electrons. The van der Waals surface area contributed by atoms with E-state index in [1.165, 1.54) is 0 Å². The monoisotopic (exact) mass is 530 g/mol. The largest absolute Gasteiger partial charge is 0.497 e. The molecule has 0 radical (unpaired) electrons. The molecule has 39 heavy (non-hydrogen) atoms. The number of amides is 2. The number of rotatable bonds is 15. The molecule has 4 N–H and O–H groups in total. The molecule has 0 aromatic heterocycles. The van der Waals surface area contributed by atoms with Gasteiger partial charge in [0.25, 0.3) is 11.8 Å². The number of nitrogens with one attached hydrogen (secondary N) is 2. The van der Waals surface area contributed by atoms with Gasteiger partial charge >= 0.3 is 0 Å². The molecule has 2 atom stereocenters. The smallest absolute Gasteiger partial charge is 0.253 e. The third-order valence-corrected chi connectivity index (χ3v) is 6.62. The number of hydrogen-bond acceptors (Lipinski definition) is 5. The summed E-state index contributed by atoms with van der Waals surface area (Å²) >= 11 is 0. The van der Waals surface area contributed by atoms with Crippen LogP contribution in [0.15, 0.2) is 78.9 Å². The molecule has 0 bridgehead atoms. The number of nitrogens with two attached hydrogens (primary N) is 1. The van der Waals surface area contributed by atoms with Crippen LogP contribution in [0.2, 0.25) is 0 Å². The standard InChI is InChI=1S/C32H42N4O3/c1-4-17-36(18-5-2)32(38)27-15-10-14-26(21-27)31(37)35-30(20-24-11-7-6-8-12-24)29(33)23-34-22-25-13-9-16-28(19-25)39-3/h6-16,19,21,29-30,34H,4-5,17-18,20,22-23,33H2,1-3H3,(H,35,37)/t29-,30+/m1/s1. The molecule has 0 heterocycles. The lowest BCUT2D eigenvalue weighted by atomic mass is 9.98. The van der Waals surface area contributed by atoms with Crippen molar-refractivity contribution < 1.29 is 14.3 Å². The van der Waals surface area contributed by atoms with Crippen LogP contribution in [-0.2, 0) is 13.0 Å². The van der Waals surface area contributed by atoms with Gasteiger partial charge in [-0.1, -0.05) is 62.4 Å². The van der Waals surface area contributed by atoms with E-state index < -0.39 is 0 Å². The third kappa shape index (κ3) is 9.23. The molecule has 0 aliphatic heterocycles. The molecule has 0 saturated carbocycles. The van der Waals surface area contributed by atoms with E-state index in [4.69, 9.17) is 10.5 Å². The SMILES string of the molecule is CCCN(CCC)C(=O)c1cccc(C(=O)N[C@@H](Cc2ccccc2)[C@H](N)CNCc2cccc(OC)c2)c1. The summed E-state index contributed by atoms with van der Waals surface area (Å²) in [6.45, 7) is 6.65. The first-order valence-corrected chi connectivity index (χ1v) is 13.8. The second-order valence-electron chi connectivity index (χ2n) is 9.79. The Hall–Kier alpha value is -3.68. The Morgan fingerprint density at radius 1 is 0.872 bits per heavy atom. The van der Waals surface area contributed by atoms with E-state index in [-0.39, 0.29) is 23.9 Å². The van der Waals surface area contributed by atoms with Gasteiger partial charge in [-0.15, -0.1) is 0 Å². The van der Waals surface area contributed by atoms with Crippen LogP contribution >= 0.6 is 0 Å². The normalized spacial score (nSPS) is 12.4. The molecular formula is C32H42N4O3. The number of hydrogen-bond donors (Lipinski definition) is 3. The van der Waals surface area contributed by atoms with Crippen molar-refractivity contribution in [1.82, 2.24) is 15.5 Å². The lowest BCUT2D eigenvalue weighted by molar-refractivity contribution is 0.0755. The molecule has 0 saturated heterocycles. The van der Waals surface area contributed by atoms with Gasteiger partial charge in [-0.3, -0.25) is 9.59 Å². The van der Waals surface area contributed by atoms with E-state index in [2.05, 4.69) is 24.5 Å². The lowest BCUT2D eigenvalue weighted by Gasteiger charge is -2.26. The minimum Gasteiger partial charge on any atom is -0.497 e. The Morgan fingerprint density at radius 2 is 1.54 bits per heavy atom. The topological polar surface area (TPSA) is 96.7 Å². The average Bonchev–Trinajstić information content (AvgIpc) is 2.97. The van der Waals surface area contributed by atoms with Crippen molar-refractivity contribution in [3.8, 4) is 5.75 Å². The molecule has 7 heteroatoms. The van der Waals surface area contributed by atoms with Crippen LogP contribution < -0.4 is 21.1 Å². The molecule has 0 aliphatic carbocycles. The molecule has 0 unspecified atom stereocenters. The lowest BCUT2D eigenvalue weighted by Crippen LogP contribution is -2.53. The summed E-state index contributed by atoms with van der Waals surface area (Å²) in [7, 11) is 1.65. The van der Waals surface area contributed by atoms with Crippen LogP contribution in [0, 0.1) is 0 Å². The molecular weight excluding hydrogens is 488 g/mol. The van der Waals surface area contributed by atoms with E-state index in [0.717, 1.165) is 29.7 Å². The molecule has 0 spiro atoms. The van der Waals surface area contributed by atoms with Gasteiger partial charge in [0, 0.05) is 49.4 Å². The fourth-order valence-electron chi connectivity index (χ4n) is 4.57. The zero-order valence-corrected chi connectivity index (χ0v) is 23.4. The second kappa shape index (κ2) is 15.7. The van der Waals surface area contributed by atoms with E-state index in [1.54, 1.807) is 31.4 Å². The van der Waals surface area contributed by atoms with Crippen LogP contribution in [0.5, 0.6) is 5.75 Å². The Labute approximate surface area is 232 Å². The Bertz CT molecular complexity index is 1180. The van der Waals surface area contributed by atoms with Crippen molar-refractivity contribution in [2.45, 2.75) is 51.7 Å². The van der Waals surface area contributed by atoms with Gasteiger partial charge in [0.05, 0.1) is 7.11 Å². The second-order valence-corrected chi connectivity index (χ2v) is 9.79. The molecule has 3 aromatic rings. The first-order chi connectivity index (χ1) is 18.9. The van der Waals surface area contributed by atoms with Crippen molar-refractivity contribution in [2.75, 3.05) is 26.7 Å². The van der Waals surface area contributed by atoms with Gasteiger partial charge in [0.1, 0.15) is 5.75 Å². The number of nitrogens with zero attached hydrogens (tertiary/aromatic N) is 1. The summed E-state index contributed by atoms with van der Waals surface area (Å²) in [5, 5.41) is 6.56. The maximum atomic E-state index is 13.4. The number of methoxy groups -OCH3 is 1. The van der Waals surface area contributed by atoms with Gasteiger partial charge < -0.3 is 26.0 Å². The van der Waals surface area contributed by atoms with Crippen molar-refractivity contribution in [1.29, 1.82) is 0 Å².